The van der Waals surface area contributed by atoms with Gasteiger partial charge in [0.15, 0.2) is 0 Å². The fraction of sp³-hybridized carbons (Fsp3) is 0.588. The Labute approximate surface area is 133 Å². The minimum Gasteiger partial charge on any atom is -0.494 e. The van der Waals surface area contributed by atoms with Crippen LogP contribution in [-0.2, 0) is 0 Å². The third-order valence-corrected chi connectivity index (χ3v) is 4.33. The van der Waals surface area contributed by atoms with Gasteiger partial charge in [0.05, 0.1) is 6.61 Å². The van der Waals surface area contributed by atoms with E-state index >= 15 is 0 Å². The second kappa shape index (κ2) is 8.35. The van der Waals surface area contributed by atoms with Crippen LogP contribution >= 0.6 is 12.2 Å². The van der Waals surface area contributed by atoms with Crippen molar-refractivity contribution < 1.29 is 4.74 Å². The van der Waals surface area contributed by atoms with E-state index in [0.29, 0.717) is 4.99 Å². The molecule has 1 aromatic carbocycles. The van der Waals surface area contributed by atoms with Crippen LogP contribution in [-0.4, -0.2) is 36.1 Å². The van der Waals surface area contributed by atoms with Gasteiger partial charge in [-0.1, -0.05) is 25.6 Å². The lowest BCUT2D eigenvalue weighted by Crippen LogP contribution is -2.23. The molecule has 1 fully saturated rings. The van der Waals surface area contributed by atoms with Gasteiger partial charge in [0, 0.05) is 18.7 Å². The molecule has 0 aromatic heterocycles. The minimum absolute atomic E-state index is 0.428. The Bertz CT molecular complexity index is 447. The van der Waals surface area contributed by atoms with Crippen LogP contribution in [0, 0.1) is 5.92 Å². The molecule has 1 aliphatic heterocycles. The van der Waals surface area contributed by atoms with Crippen molar-refractivity contribution in [2.75, 3.05) is 26.2 Å². The van der Waals surface area contributed by atoms with Crippen molar-refractivity contribution >= 4 is 17.2 Å². The van der Waals surface area contributed by atoms with Crippen LogP contribution < -0.4 is 10.5 Å². The molecular weight excluding hydrogens is 280 g/mol. The fourth-order valence-electron chi connectivity index (χ4n) is 2.95. The van der Waals surface area contributed by atoms with Gasteiger partial charge in [0.2, 0.25) is 0 Å². The highest BCUT2D eigenvalue weighted by Gasteiger charge is 2.20. The number of ether oxygens (including phenoxy) is 1. The van der Waals surface area contributed by atoms with Gasteiger partial charge in [-0.2, -0.15) is 0 Å². The predicted octanol–water partition coefficient (Wildman–Crippen LogP) is 3.21. The molecule has 1 aliphatic rings. The Morgan fingerprint density at radius 2 is 2.14 bits per heavy atom. The first-order chi connectivity index (χ1) is 10.2. The Kier molecular flexibility index (Phi) is 6.46. The molecule has 0 radical (unpaired) electrons. The third-order valence-electron chi connectivity index (χ3n) is 4.09. The summed E-state index contributed by atoms with van der Waals surface area (Å²) in [6.07, 6.45) is 5.14. The summed E-state index contributed by atoms with van der Waals surface area (Å²) in [6.45, 7) is 6.72. The molecule has 1 heterocycles. The van der Waals surface area contributed by atoms with Gasteiger partial charge in [-0.3, -0.25) is 0 Å². The summed E-state index contributed by atoms with van der Waals surface area (Å²) in [5.74, 6) is 1.81. The van der Waals surface area contributed by atoms with Crippen LogP contribution in [0.2, 0.25) is 0 Å². The van der Waals surface area contributed by atoms with E-state index in [1.54, 1.807) is 0 Å². The van der Waals surface area contributed by atoms with Crippen molar-refractivity contribution in [3.8, 4) is 5.75 Å². The zero-order valence-corrected chi connectivity index (χ0v) is 13.7. The van der Waals surface area contributed by atoms with Gasteiger partial charge in [0.25, 0.3) is 0 Å². The summed E-state index contributed by atoms with van der Waals surface area (Å²) < 4.78 is 5.76. The van der Waals surface area contributed by atoms with Crippen molar-refractivity contribution in [3.63, 3.8) is 0 Å². The summed E-state index contributed by atoms with van der Waals surface area (Å²) in [7, 11) is 0. The highest BCUT2D eigenvalue weighted by molar-refractivity contribution is 7.80. The van der Waals surface area contributed by atoms with Gasteiger partial charge in [-0.15, -0.1) is 0 Å². The van der Waals surface area contributed by atoms with Crippen LogP contribution in [0.15, 0.2) is 24.3 Å². The second-order valence-electron chi connectivity index (χ2n) is 5.83. The molecule has 3 nitrogen and oxygen atoms in total. The zero-order chi connectivity index (χ0) is 15.1. The molecule has 1 atom stereocenters. The first kappa shape index (κ1) is 16.2. The highest BCUT2D eigenvalue weighted by Crippen LogP contribution is 2.20. The van der Waals surface area contributed by atoms with Gasteiger partial charge in [-0.25, -0.2) is 0 Å². The van der Waals surface area contributed by atoms with Gasteiger partial charge < -0.3 is 15.4 Å². The second-order valence-corrected chi connectivity index (χ2v) is 6.27. The predicted molar refractivity (Wildman–Crippen MR) is 91.9 cm³/mol. The third kappa shape index (κ3) is 5.29. The van der Waals surface area contributed by atoms with E-state index < -0.39 is 0 Å². The number of rotatable bonds is 8. The van der Waals surface area contributed by atoms with E-state index in [2.05, 4.69) is 11.8 Å². The van der Waals surface area contributed by atoms with Crippen LogP contribution in [0.4, 0.5) is 0 Å². The molecule has 2 rings (SSSR count). The zero-order valence-electron chi connectivity index (χ0n) is 12.9. The molecule has 0 bridgehead atoms. The van der Waals surface area contributed by atoms with E-state index in [4.69, 9.17) is 22.7 Å². The number of nitrogens with two attached hydrogens (primary N) is 1. The van der Waals surface area contributed by atoms with Crippen LogP contribution in [0.5, 0.6) is 5.75 Å². The molecule has 1 unspecified atom stereocenters. The van der Waals surface area contributed by atoms with Crippen molar-refractivity contribution in [1.29, 1.82) is 0 Å². The van der Waals surface area contributed by atoms with Gasteiger partial charge in [0.1, 0.15) is 10.7 Å². The fourth-order valence-corrected chi connectivity index (χ4v) is 3.09. The minimum atomic E-state index is 0.428. The summed E-state index contributed by atoms with van der Waals surface area (Å²) in [5.41, 5.74) is 6.46. The quantitative estimate of drug-likeness (QED) is 0.591. The van der Waals surface area contributed by atoms with Crippen LogP contribution in [0.25, 0.3) is 0 Å². The number of hydrogen-bond acceptors (Lipinski definition) is 3. The Balaban J connectivity index is 1.62. The number of hydrogen-bond donors (Lipinski definition) is 1. The first-order valence-corrected chi connectivity index (χ1v) is 8.35. The number of likely N-dealkylation sites (tertiary alicyclic amines) is 1. The average molecular weight is 306 g/mol. The van der Waals surface area contributed by atoms with Crippen molar-refractivity contribution in [2.45, 2.75) is 32.6 Å². The molecular formula is C17H26N2OS. The van der Waals surface area contributed by atoms with E-state index in [9.17, 15) is 0 Å². The average Bonchev–Trinajstić information content (AvgIpc) is 2.92. The molecule has 0 spiro atoms. The maximum absolute atomic E-state index is 5.76. The SMILES string of the molecule is CCCC1CCN(CCCOc2ccc(C(N)=S)cc2)C1. The Hall–Kier alpha value is -1.13. The van der Waals surface area contributed by atoms with Crippen molar-refractivity contribution in [2.24, 2.45) is 11.7 Å². The lowest BCUT2D eigenvalue weighted by atomic mass is 10.0. The highest BCUT2D eigenvalue weighted by atomic mass is 32.1. The molecule has 0 aliphatic carbocycles. The van der Waals surface area contributed by atoms with E-state index in [0.717, 1.165) is 36.8 Å². The van der Waals surface area contributed by atoms with Crippen molar-refractivity contribution in [3.05, 3.63) is 29.8 Å². The Morgan fingerprint density at radius 3 is 2.81 bits per heavy atom. The summed E-state index contributed by atoms with van der Waals surface area (Å²) >= 11 is 4.93. The van der Waals surface area contributed by atoms with E-state index in [1.807, 2.05) is 24.3 Å². The number of benzene rings is 1. The standard InChI is InChI=1S/C17H26N2OS/c1-2-4-14-9-11-19(13-14)10-3-12-20-16-7-5-15(6-8-16)17(18)21/h5-8,14H,2-4,9-13H2,1H3,(H2,18,21). The summed E-state index contributed by atoms with van der Waals surface area (Å²) in [4.78, 5) is 3.00. The largest absolute Gasteiger partial charge is 0.494 e. The molecule has 0 amide bonds. The number of thiocarbonyl (C=S) groups is 1. The summed E-state index contributed by atoms with van der Waals surface area (Å²) in [5, 5.41) is 0. The van der Waals surface area contributed by atoms with Gasteiger partial charge in [-0.05, 0) is 56.0 Å². The first-order valence-electron chi connectivity index (χ1n) is 7.94. The smallest absolute Gasteiger partial charge is 0.119 e. The normalized spacial score (nSPS) is 18.8. The molecule has 116 valence electrons. The lowest BCUT2D eigenvalue weighted by molar-refractivity contribution is 0.257. The van der Waals surface area contributed by atoms with Crippen molar-refractivity contribution in [1.82, 2.24) is 4.90 Å². The Morgan fingerprint density at radius 1 is 1.38 bits per heavy atom. The monoisotopic (exact) mass is 306 g/mol. The lowest BCUT2D eigenvalue weighted by Gasteiger charge is -2.16. The molecule has 2 N–H and O–H groups in total. The van der Waals surface area contributed by atoms with Gasteiger partial charge >= 0.3 is 0 Å². The molecule has 4 heteroatoms. The van der Waals surface area contributed by atoms with E-state index in [-0.39, 0.29) is 0 Å². The van der Waals surface area contributed by atoms with Crippen LogP contribution in [0.1, 0.15) is 38.2 Å². The number of nitrogens with zero attached hydrogens (tertiary/aromatic N) is 1. The maximum Gasteiger partial charge on any atom is 0.119 e. The summed E-state index contributed by atoms with van der Waals surface area (Å²) in [6, 6.07) is 7.68. The molecule has 21 heavy (non-hydrogen) atoms. The molecule has 0 saturated carbocycles. The topological polar surface area (TPSA) is 38.5 Å². The van der Waals surface area contributed by atoms with Crippen LogP contribution in [0.3, 0.4) is 0 Å². The molecule has 1 saturated heterocycles. The maximum atomic E-state index is 5.76. The molecule has 1 aromatic rings. The van der Waals surface area contributed by atoms with E-state index in [1.165, 1.54) is 32.4 Å².